The summed E-state index contributed by atoms with van der Waals surface area (Å²) in [6.45, 7) is -0.887. The number of hydrogen-bond donors (Lipinski definition) is 2. The van der Waals surface area contributed by atoms with E-state index >= 15 is 0 Å². The van der Waals surface area contributed by atoms with Crippen molar-refractivity contribution in [3.63, 3.8) is 0 Å². The molecule has 0 saturated carbocycles. The van der Waals surface area contributed by atoms with Gasteiger partial charge in [-0.05, 0) is 11.6 Å². The van der Waals surface area contributed by atoms with Gasteiger partial charge in [-0.2, -0.15) is 0 Å². The first-order chi connectivity index (χ1) is 10.2. The molecule has 0 aromatic carbocycles. The van der Waals surface area contributed by atoms with Gasteiger partial charge < -0.3 is 48.6 Å². The van der Waals surface area contributed by atoms with E-state index in [1.807, 2.05) is 0 Å². The Bertz CT molecular complexity index is 542. The minimum absolute atomic E-state index is 0.0592. The van der Waals surface area contributed by atoms with Crippen LogP contribution in [-0.2, 0) is 18.6 Å². The zero-order valence-electron chi connectivity index (χ0n) is 11.1. The van der Waals surface area contributed by atoms with E-state index < -0.39 is 44.9 Å². The fourth-order valence-electron chi connectivity index (χ4n) is 2.18. The van der Waals surface area contributed by atoms with E-state index in [0.29, 0.717) is 0 Å². The predicted molar refractivity (Wildman–Crippen MR) is 63.2 cm³/mol. The number of hydrogen-bond acceptors (Lipinski definition) is 10. The monoisotopic (exact) mass is 334 g/mol. The number of phosphoric acid groups is 1. The van der Waals surface area contributed by atoms with Crippen LogP contribution in [0.1, 0.15) is 0 Å². The van der Waals surface area contributed by atoms with Crippen LogP contribution >= 0.6 is 7.82 Å². The average Bonchev–Trinajstić information content (AvgIpc) is 2.72. The van der Waals surface area contributed by atoms with Gasteiger partial charge in [0.05, 0.1) is 20.4 Å². The third-order valence-electron chi connectivity index (χ3n) is 3.25. The highest BCUT2D eigenvalue weighted by molar-refractivity contribution is 7.43. The quantitative estimate of drug-likeness (QED) is 0.470. The molecule has 2 aliphatic rings. The van der Waals surface area contributed by atoms with Gasteiger partial charge in [0, 0.05) is 12.7 Å². The van der Waals surface area contributed by atoms with Crippen LogP contribution in [-0.4, -0.2) is 58.8 Å². The van der Waals surface area contributed by atoms with E-state index in [4.69, 9.17) is 4.74 Å². The molecule has 0 aromatic heterocycles. The summed E-state index contributed by atoms with van der Waals surface area (Å²) >= 11 is 0. The molecule has 2 heterocycles. The van der Waals surface area contributed by atoms with Crippen molar-refractivity contribution in [2.75, 3.05) is 13.2 Å². The van der Waals surface area contributed by atoms with Crippen LogP contribution in [0, 0.1) is 0 Å². The Morgan fingerprint density at radius 1 is 1.45 bits per heavy atom. The highest BCUT2D eigenvalue weighted by atomic mass is 31.2. The second-order valence-electron chi connectivity index (χ2n) is 4.78. The SMILES string of the molecule is O=C([O-])C1=CC=CN([C@@H]2O[C@H](COP(=O)([O-])[O-])[C@@H](O)[C@H]2O)C1. The lowest BCUT2D eigenvalue weighted by Crippen LogP contribution is -2.44. The Morgan fingerprint density at radius 2 is 2.14 bits per heavy atom. The van der Waals surface area contributed by atoms with E-state index in [1.165, 1.54) is 23.3 Å². The van der Waals surface area contributed by atoms with Crippen molar-refractivity contribution in [2.24, 2.45) is 0 Å². The summed E-state index contributed by atoms with van der Waals surface area (Å²) in [5, 5.41) is 30.5. The van der Waals surface area contributed by atoms with Crippen LogP contribution < -0.4 is 14.9 Å². The molecule has 0 bridgehead atoms. The van der Waals surface area contributed by atoms with Gasteiger partial charge in [0.2, 0.25) is 0 Å². The van der Waals surface area contributed by atoms with Crippen molar-refractivity contribution in [1.29, 1.82) is 0 Å². The highest BCUT2D eigenvalue weighted by Gasteiger charge is 2.45. The van der Waals surface area contributed by atoms with Crippen LogP contribution in [0.4, 0.5) is 0 Å². The second-order valence-corrected chi connectivity index (χ2v) is 5.94. The fraction of sp³-hybridized carbons (Fsp3) is 0.545. The lowest BCUT2D eigenvalue weighted by atomic mass is 10.1. The summed E-state index contributed by atoms with van der Waals surface area (Å²) in [5.74, 6) is -1.39. The van der Waals surface area contributed by atoms with Crippen molar-refractivity contribution >= 4 is 13.8 Å². The molecule has 2 N–H and O–H groups in total. The number of ether oxygens (including phenoxy) is 1. The maximum atomic E-state index is 10.8. The van der Waals surface area contributed by atoms with Crippen molar-refractivity contribution in [3.05, 3.63) is 23.9 Å². The molecule has 0 aliphatic carbocycles. The van der Waals surface area contributed by atoms with Crippen LogP contribution in [0.3, 0.4) is 0 Å². The molecule has 1 fully saturated rings. The lowest BCUT2D eigenvalue weighted by Gasteiger charge is -2.32. The van der Waals surface area contributed by atoms with Crippen LogP contribution in [0.5, 0.6) is 0 Å². The number of carboxylic acid groups (broad SMARTS) is 1. The third kappa shape index (κ3) is 3.93. The Hall–Kier alpha value is -1.26. The Labute approximate surface area is 125 Å². The first kappa shape index (κ1) is 17.1. The summed E-state index contributed by atoms with van der Waals surface area (Å²) in [7, 11) is -5.23. The Morgan fingerprint density at radius 3 is 2.73 bits per heavy atom. The minimum Gasteiger partial charge on any atom is -0.790 e. The number of aliphatic hydroxyl groups is 2. The van der Waals surface area contributed by atoms with Crippen molar-refractivity contribution in [1.82, 2.24) is 4.90 Å². The highest BCUT2D eigenvalue weighted by Crippen LogP contribution is 2.30. The van der Waals surface area contributed by atoms with Gasteiger partial charge in [-0.25, -0.2) is 0 Å². The molecule has 2 rings (SSSR count). The second kappa shape index (κ2) is 6.47. The smallest absolute Gasteiger partial charge is 0.159 e. The largest absolute Gasteiger partial charge is 0.790 e. The maximum absolute atomic E-state index is 10.8. The van der Waals surface area contributed by atoms with Gasteiger partial charge in [-0.15, -0.1) is 0 Å². The van der Waals surface area contributed by atoms with E-state index in [2.05, 4.69) is 4.52 Å². The zero-order chi connectivity index (χ0) is 16.5. The van der Waals surface area contributed by atoms with Crippen LogP contribution in [0.15, 0.2) is 23.9 Å². The average molecular weight is 334 g/mol. The summed E-state index contributed by atoms with van der Waals surface area (Å²) in [6, 6.07) is 0. The van der Waals surface area contributed by atoms with Gasteiger partial charge in [-0.3, -0.25) is 0 Å². The molecule has 11 heteroatoms. The summed E-state index contributed by atoms with van der Waals surface area (Å²) in [6.07, 6.45) is -1.18. The Kier molecular flexibility index (Phi) is 5.03. The van der Waals surface area contributed by atoms with Gasteiger partial charge in [-0.1, -0.05) is 6.08 Å². The minimum atomic E-state index is -5.23. The van der Waals surface area contributed by atoms with Crippen molar-refractivity contribution < 1.29 is 43.7 Å². The normalized spacial score (nSPS) is 32.2. The molecule has 4 atom stereocenters. The first-order valence-corrected chi connectivity index (χ1v) is 7.68. The van der Waals surface area contributed by atoms with Crippen LogP contribution in [0.2, 0.25) is 0 Å². The van der Waals surface area contributed by atoms with E-state index in [9.17, 15) is 34.5 Å². The number of rotatable bonds is 5. The van der Waals surface area contributed by atoms with Crippen molar-refractivity contribution in [3.8, 4) is 0 Å². The number of carboxylic acids is 1. The summed E-state index contributed by atoms with van der Waals surface area (Å²) in [4.78, 5) is 33.0. The molecule has 124 valence electrons. The summed E-state index contributed by atoms with van der Waals surface area (Å²) in [5.41, 5.74) is -0.0592. The number of carbonyl (C=O) groups excluding carboxylic acids is 1. The molecular formula is C11H13NO9P-3. The fourth-order valence-corrected chi connectivity index (χ4v) is 2.51. The number of aliphatic carboxylic acids is 1. The van der Waals surface area contributed by atoms with E-state index in [1.54, 1.807) is 0 Å². The van der Waals surface area contributed by atoms with Gasteiger partial charge in [0.25, 0.3) is 0 Å². The molecule has 2 aliphatic heterocycles. The lowest BCUT2D eigenvalue weighted by molar-refractivity contribution is -0.343. The standard InChI is InChI=1S/C11H16NO9P/c13-8-7(5-20-22(17,18)19)21-10(9(8)14)12-3-1-2-6(4-12)11(15)16/h1-3,7-10,13-14H,4-5H2,(H,15,16)(H2,17,18,19)/p-3/t7-,8-,9-,10-/m1/s1. The van der Waals surface area contributed by atoms with Gasteiger partial charge in [0.15, 0.2) is 6.23 Å². The number of carbonyl (C=O) groups is 1. The van der Waals surface area contributed by atoms with Crippen molar-refractivity contribution in [2.45, 2.75) is 24.5 Å². The molecule has 0 amide bonds. The number of aliphatic hydroxyl groups excluding tert-OH is 2. The molecule has 0 aromatic rings. The van der Waals surface area contributed by atoms with E-state index in [-0.39, 0.29) is 12.1 Å². The third-order valence-corrected chi connectivity index (χ3v) is 3.72. The van der Waals surface area contributed by atoms with Gasteiger partial charge >= 0.3 is 0 Å². The first-order valence-electron chi connectivity index (χ1n) is 6.21. The summed E-state index contributed by atoms with van der Waals surface area (Å²) < 4.78 is 19.7. The Balaban J connectivity index is 2.01. The number of nitrogens with zero attached hydrogens (tertiary/aromatic N) is 1. The zero-order valence-corrected chi connectivity index (χ0v) is 12.0. The molecule has 10 nitrogen and oxygen atoms in total. The topological polar surface area (TPSA) is 165 Å². The predicted octanol–water partition coefficient (Wildman–Crippen LogP) is -4.22. The molecule has 1 saturated heterocycles. The van der Waals surface area contributed by atoms with Crippen LogP contribution in [0.25, 0.3) is 0 Å². The number of allylic oxidation sites excluding steroid dienone is 2. The molecule has 0 unspecified atom stereocenters. The van der Waals surface area contributed by atoms with E-state index in [0.717, 1.165) is 0 Å². The molecule has 0 spiro atoms. The molecule has 0 radical (unpaired) electrons. The van der Waals surface area contributed by atoms with Gasteiger partial charge in [0.1, 0.15) is 18.3 Å². The molecular weight excluding hydrogens is 321 g/mol. The molecule has 22 heavy (non-hydrogen) atoms. The number of phosphoric ester groups is 1. The maximum Gasteiger partial charge on any atom is 0.159 e.